The molecule has 2 aromatic carbocycles. The summed E-state index contributed by atoms with van der Waals surface area (Å²) in [4.78, 5) is 34.6. The summed E-state index contributed by atoms with van der Waals surface area (Å²) in [5.41, 5.74) is 2.00. The average Bonchev–Trinajstić information content (AvgIpc) is 2.86. The third kappa shape index (κ3) is 4.42. The Kier molecular flexibility index (Phi) is 6.80. The molecule has 3 aromatic rings. The van der Waals surface area contributed by atoms with E-state index >= 15 is 4.39 Å². The predicted molar refractivity (Wildman–Crippen MR) is 141 cm³/mol. The molecule has 5 rings (SSSR count). The van der Waals surface area contributed by atoms with E-state index in [-0.39, 0.29) is 22.8 Å². The van der Waals surface area contributed by atoms with Crippen LogP contribution in [0, 0.1) is 18.6 Å². The van der Waals surface area contributed by atoms with E-state index < -0.39 is 17.3 Å². The average molecular weight is 527 g/mol. The summed E-state index contributed by atoms with van der Waals surface area (Å²) in [6.45, 7) is 9.73. The summed E-state index contributed by atoms with van der Waals surface area (Å²) >= 11 is 1.54. The third-order valence-electron chi connectivity index (χ3n) is 7.01. The first-order chi connectivity index (χ1) is 17.7. The lowest BCUT2D eigenvalue weighted by Gasteiger charge is -2.41. The highest BCUT2D eigenvalue weighted by Gasteiger charge is 2.33. The smallest absolute Gasteiger partial charge is 0.350 e. The molecule has 3 heterocycles. The molecule has 0 bridgehead atoms. The molecule has 37 heavy (non-hydrogen) atoms. The van der Waals surface area contributed by atoms with Gasteiger partial charge in [-0.25, -0.2) is 13.6 Å². The van der Waals surface area contributed by atoms with Gasteiger partial charge in [-0.2, -0.15) is 4.98 Å². The van der Waals surface area contributed by atoms with E-state index in [1.807, 2.05) is 19.9 Å². The summed E-state index contributed by atoms with van der Waals surface area (Å²) in [7, 11) is 1.60. The highest BCUT2D eigenvalue weighted by molar-refractivity contribution is 8.00. The fourth-order valence-corrected chi connectivity index (χ4v) is 6.82. The quantitative estimate of drug-likeness (QED) is 0.469. The number of methoxy groups -OCH3 is 1. The highest BCUT2D eigenvalue weighted by atomic mass is 32.2. The van der Waals surface area contributed by atoms with Crippen LogP contribution in [0.5, 0.6) is 0 Å². The van der Waals surface area contributed by atoms with Crippen molar-refractivity contribution in [2.75, 3.05) is 38.3 Å². The van der Waals surface area contributed by atoms with Crippen LogP contribution in [0.25, 0.3) is 22.0 Å². The first kappa shape index (κ1) is 25.4. The Labute approximate surface area is 217 Å². The second-order valence-corrected chi connectivity index (χ2v) is 10.8. The number of ether oxygens (including phenoxy) is 1. The van der Waals surface area contributed by atoms with Gasteiger partial charge in [0.05, 0.1) is 17.4 Å². The Morgan fingerprint density at radius 2 is 2.05 bits per heavy atom. The molecule has 10 heteroatoms. The number of aryl methyl sites for hydroxylation is 1. The molecule has 2 atom stereocenters. The molecular formula is C27H28F2N4O3S. The summed E-state index contributed by atoms with van der Waals surface area (Å²) in [5, 5.41) is 0.708. The molecule has 194 valence electrons. The molecule has 0 N–H and O–H groups in total. The number of amides is 1. The minimum absolute atomic E-state index is 0.0810. The zero-order valence-electron chi connectivity index (χ0n) is 21.0. The Bertz CT molecular complexity index is 1470. The number of thioether (sulfide) groups is 1. The van der Waals surface area contributed by atoms with Gasteiger partial charge < -0.3 is 14.5 Å². The largest absolute Gasteiger partial charge is 0.383 e. The lowest BCUT2D eigenvalue weighted by Crippen LogP contribution is -2.54. The van der Waals surface area contributed by atoms with Gasteiger partial charge >= 0.3 is 5.69 Å². The van der Waals surface area contributed by atoms with Crippen molar-refractivity contribution in [3.63, 3.8) is 0 Å². The van der Waals surface area contributed by atoms with Gasteiger partial charge in [-0.05, 0) is 43.7 Å². The van der Waals surface area contributed by atoms with E-state index in [9.17, 15) is 14.0 Å². The molecule has 0 spiro atoms. The molecule has 1 aromatic heterocycles. The van der Waals surface area contributed by atoms with Crippen LogP contribution >= 0.6 is 11.8 Å². The fraction of sp³-hybridized carbons (Fsp3) is 0.370. The number of piperazine rings is 1. The minimum Gasteiger partial charge on any atom is -0.383 e. The lowest BCUT2D eigenvalue weighted by atomic mass is 9.97. The maximum absolute atomic E-state index is 15.0. The number of rotatable bonds is 5. The number of halogens is 2. The maximum atomic E-state index is 15.0. The SMILES string of the molecule is C=CC(=O)N1CCN(c2nc(=O)n3c4c(c(-c5ccc(F)cc5F)c(C)cc24)S[C@H](COC)C3)[C@@H](C)C1. The molecule has 0 unspecified atom stereocenters. The molecular weight excluding hydrogens is 498 g/mol. The van der Waals surface area contributed by atoms with Crippen molar-refractivity contribution in [3.05, 3.63) is 64.6 Å². The predicted octanol–water partition coefficient (Wildman–Crippen LogP) is 3.99. The van der Waals surface area contributed by atoms with E-state index in [0.717, 1.165) is 21.9 Å². The molecule has 7 nitrogen and oxygen atoms in total. The number of aromatic nitrogens is 2. The number of carbonyl (C=O) groups excluding carboxylic acids is 1. The number of hydrogen-bond acceptors (Lipinski definition) is 6. The zero-order valence-corrected chi connectivity index (χ0v) is 21.8. The van der Waals surface area contributed by atoms with Crippen LogP contribution in [0.3, 0.4) is 0 Å². The molecule has 1 fully saturated rings. The van der Waals surface area contributed by atoms with Gasteiger partial charge in [-0.1, -0.05) is 6.58 Å². The van der Waals surface area contributed by atoms with Gasteiger partial charge in [0.2, 0.25) is 5.91 Å². The van der Waals surface area contributed by atoms with E-state index in [2.05, 4.69) is 16.5 Å². The molecule has 0 radical (unpaired) electrons. The van der Waals surface area contributed by atoms with Crippen LogP contribution in [0.2, 0.25) is 0 Å². The lowest BCUT2D eigenvalue weighted by molar-refractivity contribution is -0.126. The van der Waals surface area contributed by atoms with E-state index in [1.165, 1.54) is 30.0 Å². The maximum Gasteiger partial charge on any atom is 0.350 e. The van der Waals surface area contributed by atoms with Crippen molar-refractivity contribution in [1.29, 1.82) is 0 Å². The number of hydrogen-bond donors (Lipinski definition) is 0. The second kappa shape index (κ2) is 9.90. The van der Waals surface area contributed by atoms with E-state index in [0.29, 0.717) is 49.7 Å². The van der Waals surface area contributed by atoms with E-state index in [1.54, 1.807) is 16.6 Å². The molecule has 0 aliphatic carbocycles. The monoisotopic (exact) mass is 526 g/mol. The Morgan fingerprint density at radius 3 is 2.73 bits per heavy atom. The fourth-order valence-electron chi connectivity index (χ4n) is 5.33. The summed E-state index contributed by atoms with van der Waals surface area (Å²) in [6.07, 6.45) is 1.31. The van der Waals surface area contributed by atoms with Gasteiger partial charge in [-0.15, -0.1) is 11.8 Å². The Morgan fingerprint density at radius 1 is 1.27 bits per heavy atom. The third-order valence-corrected chi connectivity index (χ3v) is 8.26. The first-order valence-electron chi connectivity index (χ1n) is 12.1. The van der Waals surface area contributed by atoms with Crippen LogP contribution < -0.4 is 10.6 Å². The normalized spacial score (nSPS) is 19.4. The summed E-state index contributed by atoms with van der Waals surface area (Å²) < 4.78 is 35.8. The van der Waals surface area contributed by atoms with Crippen molar-refractivity contribution >= 4 is 34.4 Å². The number of carbonyl (C=O) groups is 1. The molecule has 1 amide bonds. The summed E-state index contributed by atoms with van der Waals surface area (Å²) in [5.74, 6) is -0.882. The van der Waals surface area contributed by atoms with Crippen molar-refractivity contribution < 1.29 is 18.3 Å². The van der Waals surface area contributed by atoms with Crippen molar-refractivity contribution in [1.82, 2.24) is 14.5 Å². The zero-order chi connectivity index (χ0) is 26.4. The Balaban J connectivity index is 1.73. The highest BCUT2D eigenvalue weighted by Crippen LogP contribution is 2.46. The summed E-state index contributed by atoms with van der Waals surface area (Å²) in [6, 6.07) is 5.41. The van der Waals surface area contributed by atoms with Crippen LogP contribution in [-0.2, 0) is 16.1 Å². The number of nitrogens with zero attached hydrogens (tertiary/aromatic N) is 4. The molecule has 2 aliphatic rings. The standard InChI is InChI=1S/C27H28F2N4O3S/c1-5-22(34)31-8-9-32(16(3)12-31)26-20-10-15(2)23(19-7-6-17(28)11-21(19)29)25-24(20)33(27(35)30-26)13-18(37-25)14-36-4/h5-7,10-11,16,18H,1,8-9,12-14H2,2-4H3/t16-,18-/m0/s1. The minimum atomic E-state index is -0.659. The van der Waals surface area contributed by atoms with Crippen LogP contribution in [-0.4, -0.2) is 65.0 Å². The Hall–Kier alpha value is -3.24. The second-order valence-electron chi connectivity index (χ2n) is 9.47. The van der Waals surface area contributed by atoms with Gasteiger partial charge in [0.25, 0.3) is 0 Å². The van der Waals surface area contributed by atoms with Crippen LogP contribution in [0.4, 0.5) is 14.6 Å². The number of anilines is 1. The van der Waals surface area contributed by atoms with Gasteiger partial charge in [-0.3, -0.25) is 9.36 Å². The first-order valence-corrected chi connectivity index (χ1v) is 13.0. The van der Waals surface area contributed by atoms with Crippen molar-refractivity contribution in [3.8, 4) is 11.1 Å². The topological polar surface area (TPSA) is 67.7 Å². The molecule has 0 saturated carbocycles. The van der Waals surface area contributed by atoms with Crippen LogP contribution in [0.15, 0.2) is 46.6 Å². The van der Waals surface area contributed by atoms with Gasteiger partial charge in [0.1, 0.15) is 17.5 Å². The van der Waals surface area contributed by atoms with Crippen LogP contribution in [0.1, 0.15) is 12.5 Å². The number of benzene rings is 2. The van der Waals surface area contributed by atoms with Gasteiger partial charge in [0, 0.05) is 66.8 Å². The van der Waals surface area contributed by atoms with E-state index in [4.69, 9.17) is 4.74 Å². The van der Waals surface area contributed by atoms with Crippen molar-refractivity contribution in [2.24, 2.45) is 0 Å². The molecule has 1 saturated heterocycles. The van der Waals surface area contributed by atoms with Gasteiger partial charge in [0.15, 0.2) is 0 Å². The van der Waals surface area contributed by atoms with Crippen molar-refractivity contribution in [2.45, 2.75) is 36.6 Å². The molecule has 2 aliphatic heterocycles.